The van der Waals surface area contributed by atoms with Crippen LogP contribution in [0.4, 0.5) is 0 Å². The molecule has 0 spiro atoms. The maximum atomic E-state index is 13.1. The van der Waals surface area contributed by atoms with Crippen molar-refractivity contribution in [2.45, 2.75) is 16.7 Å². The van der Waals surface area contributed by atoms with Gasteiger partial charge in [-0.3, -0.25) is 0 Å². The Labute approximate surface area is 171 Å². The van der Waals surface area contributed by atoms with Gasteiger partial charge in [0.05, 0.1) is 19.1 Å². The summed E-state index contributed by atoms with van der Waals surface area (Å²) in [5.41, 5.74) is 0.845. The van der Waals surface area contributed by atoms with Gasteiger partial charge in [-0.05, 0) is 36.8 Å². The maximum Gasteiger partial charge on any atom is 0.246 e. The van der Waals surface area contributed by atoms with Gasteiger partial charge in [-0.2, -0.15) is 8.61 Å². The molecular formula is C19H24N2O6S2. The number of nitrogens with zero attached hydrogens (tertiary/aromatic N) is 2. The zero-order chi connectivity index (χ0) is 21.2. The smallest absolute Gasteiger partial charge is 0.246 e. The minimum absolute atomic E-state index is 0.00524. The standard InChI is InChI=1S/C19H24N2O6S2/c1-15-5-4-6-17(13-15)28(22,23)20-9-11-21(12-10-20)29(24,25)19-14-16(26-2)7-8-18(19)27-3/h4-8,13-14H,9-12H2,1-3H3. The van der Waals surface area contributed by atoms with Crippen LogP contribution in [0.5, 0.6) is 11.5 Å². The summed E-state index contributed by atoms with van der Waals surface area (Å²) in [7, 11) is -4.70. The van der Waals surface area contributed by atoms with Gasteiger partial charge in [-0.25, -0.2) is 16.8 Å². The molecule has 0 atom stereocenters. The average molecular weight is 441 g/mol. The van der Waals surface area contributed by atoms with Crippen molar-refractivity contribution in [3.05, 3.63) is 48.0 Å². The van der Waals surface area contributed by atoms with Gasteiger partial charge in [0.15, 0.2) is 0 Å². The summed E-state index contributed by atoms with van der Waals surface area (Å²) >= 11 is 0. The van der Waals surface area contributed by atoms with Gasteiger partial charge in [-0.1, -0.05) is 12.1 Å². The Hall–Kier alpha value is -2.14. The zero-order valence-corrected chi connectivity index (χ0v) is 18.2. The van der Waals surface area contributed by atoms with Crippen LogP contribution >= 0.6 is 0 Å². The third-order valence-electron chi connectivity index (χ3n) is 4.81. The molecule has 29 heavy (non-hydrogen) atoms. The van der Waals surface area contributed by atoms with E-state index in [1.807, 2.05) is 13.0 Å². The highest BCUT2D eigenvalue weighted by atomic mass is 32.2. The number of hydrogen-bond acceptors (Lipinski definition) is 6. The molecule has 0 N–H and O–H groups in total. The van der Waals surface area contributed by atoms with Crippen LogP contribution in [0.15, 0.2) is 52.3 Å². The summed E-state index contributed by atoms with van der Waals surface area (Å²) in [4.78, 5) is 0.206. The molecule has 0 unspecified atom stereocenters. The third kappa shape index (κ3) is 4.25. The summed E-state index contributed by atoms with van der Waals surface area (Å²) in [6.45, 7) is 2.07. The largest absolute Gasteiger partial charge is 0.497 e. The molecule has 0 saturated carbocycles. The van der Waals surface area contributed by atoms with Gasteiger partial charge >= 0.3 is 0 Å². The Bertz CT molecular complexity index is 1090. The monoisotopic (exact) mass is 440 g/mol. The quantitative estimate of drug-likeness (QED) is 0.679. The van der Waals surface area contributed by atoms with E-state index in [1.54, 1.807) is 24.3 Å². The maximum absolute atomic E-state index is 13.1. The van der Waals surface area contributed by atoms with Crippen LogP contribution < -0.4 is 9.47 Å². The van der Waals surface area contributed by atoms with Crippen LogP contribution in [0.2, 0.25) is 0 Å². The summed E-state index contributed by atoms with van der Waals surface area (Å²) in [6, 6.07) is 11.2. The van der Waals surface area contributed by atoms with Crippen LogP contribution in [-0.4, -0.2) is 65.8 Å². The number of hydrogen-bond donors (Lipinski definition) is 0. The Kier molecular flexibility index (Phi) is 6.18. The zero-order valence-electron chi connectivity index (χ0n) is 16.5. The van der Waals surface area contributed by atoms with E-state index in [-0.39, 0.29) is 41.7 Å². The molecule has 158 valence electrons. The fourth-order valence-corrected chi connectivity index (χ4v) is 6.32. The third-order valence-corrected chi connectivity index (χ3v) is 8.63. The lowest BCUT2D eigenvalue weighted by atomic mass is 10.2. The van der Waals surface area contributed by atoms with E-state index >= 15 is 0 Å². The van der Waals surface area contributed by atoms with Crippen molar-refractivity contribution in [3.8, 4) is 11.5 Å². The van der Waals surface area contributed by atoms with Gasteiger partial charge in [0.1, 0.15) is 16.4 Å². The molecule has 0 bridgehead atoms. The molecule has 1 saturated heterocycles. The van der Waals surface area contributed by atoms with Crippen molar-refractivity contribution < 1.29 is 26.3 Å². The molecule has 3 rings (SSSR count). The Balaban J connectivity index is 1.82. The first-order valence-electron chi connectivity index (χ1n) is 8.99. The second kappa shape index (κ2) is 8.31. The molecule has 1 aliphatic rings. The molecule has 1 heterocycles. The Morgan fingerprint density at radius 1 is 0.793 bits per heavy atom. The molecule has 0 radical (unpaired) electrons. The molecule has 1 fully saturated rings. The molecular weight excluding hydrogens is 416 g/mol. The minimum atomic E-state index is -3.87. The second-order valence-corrected chi connectivity index (χ2v) is 10.5. The molecule has 8 nitrogen and oxygen atoms in total. The predicted octanol–water partition coefficient (Wildman–Crippen LogP) is 1.71. The Morgan fingerprint density at radius 3 is 1.97 bits per heavy atom. The fraction of sp³-hybridized carbons (Fsp3) is 0.368. The molecule has 1 aliphatic heterocycles. The van der Waals surface area contributed by atoms with Crippen molar-refractivity contribution >= 4 is 20.0 Å². The van der Waals surface area contributed by atoms with E-state index in [2.05, 4.69) is 0 Å². The number of aryl methyl sites for hydroxylation is 1. The minimum Gasteiger partial charge on any atom is -0.497 e. The highest BCUT2D eigenvalue weighted by molar-refractivity contribution is 7.89. The first-order chi connectivity index (χ1) is 13.7. The normalized spacial score (nSPS) is 16.5. The van der Waals surface area contributed by atoms with E-state index in [4.69, 9.17) is 9.47 Å². The number of sulfonamides is 2. The van der Waals surface area contributed by atoms with Gasteiger partial charge in [0, 0.05) is 32.2 Å². The van der Waals surface area contributed by atoms with Crippen molar-refractivity contribution in [3.63, 3.8) is 0 Å². The number of methoxy groups -OCH3 is 2. The number of piperazine rings is 1. The molecule has 0 aliphatic carbocycles. The summed E-state index contributed by atoms with van der Waals surface area (Å²) in [5.74, 6) is 0.602. The van der Waals surface area contributed by atoms with E-state index in [9.17, 15) is 16.8 Å². The van der Waals surface area contributed by atoms with E-state index < -0.39 is 20.0 Å². The lowest BCUT2D eigenvalue weighted by Crippen LogP contribution is -2.50. The summed E-state index contributed by atoms with van der Waals surface area (Å²) in [6.07, 6.45) is 0. The summed E-state index contributed by atoms with van der Waals surface area (Å²) in [5, 5.41) is 0. The van der Waals surface area contributed by atoms with Gasteiger partial charge in [0.2, 0.25) is 20.0 Å². The van der Waals surface area contributed by atoms with Gasteiger partial charge in [-0.15, -0.1) is 0 Å². The van der Waals surface area contributed by atoms with Crippen LogP contribution in [0, 0.1) is 6.92 Å². The van der Waals surface area contributed by atoms with Crippen LogP contribution in [0.25, 0.3) is 0 Å². The van der Waals surface area contributed by atoms with Crippen LogP contribution in [0.3, 0.4) is 0 Å². The van der Waals surface area contributed by atoms with Gasteiger partial charge in [0.25, 0.3) is 0 Å². The lowest BCUT2D eigenvalue weighted by Gasteiger charge is -2.33. The van der Waals surface area contributed by atoms with Crippen molar-refractivity contribution in [2.24, 2.45) is 0 Å². The first-order valence-corrected chi connectivity index (χ1v) is 11.9. The number of rotatable bonds is 6. The summed E-state index contributed by atoms with van der Waals surface area (Å²) < 4.78 is 64.9. The first kappa shape index (κ1) is 21.6. The van der Waals surface area contributed by atoms with Gasteiger partial charge < -0.3 is 9.47 Å². The second-order valence-electron chi connectivity index (χ2n) is 6.64. The lowest BCUT2D eigenvalue weighted by molar-refractivity contribution is 0.272. The molecule has 0 amide bonds. The molecule has 10 heteroatoms. The van der Waals surface area contributed by atoms with Crippen LogP contribution in [0.1, 0.15) is 5.56 Å². The predicted molar refractivity (Wildman–Crippen MR) is 108 cm³/mol. The van der Waals surface area contributed by atoms with Crippen molar-refractivity contribution in [1.29, 1.82) is 0 Å². The fourth-order valence-electron chi connectivity index (χ4n) is 3.20. The highest BCUT2D eigenvalue weighted by Gasteiger charge is 2.35. The number of benzene rings is 2. The average Bonchev–Trinajstić information content (AvgIpc) is 2.73. The number of ether oxygens (including phenoxy) is 2. The highest BCUT2D eigenvalue weighted by Crippen LogP contribution is 2.31. The van der Waals surface area contributed by atoms with E-state index in [0.717, 1.165) is 5.56 Å². The molecule has 0 aromatic heterocycles. The van der Waals surface area contributed by atoms with E-state index in [0.29, 0.717) is 5.75 Å². The molecule has 2 aromatic carbocycles. The van der Waals surface area contributed by atoms with Crippen molar-refractivity contribution in [1.82, 2.24) is 8.61 Å². The van der Waals surface area contributed by atoms with Crippen LogP contribution in [-0.2, 0) is 20.0 Å². The van der Waals surface area contributed by atoms with Crippen molar-refractivity contribution in [2.75, 3.05) is 40.4 Å². The SMILES string of the molecule is COc1ccc(OC)c(S(=O)(=O)N2CCN(S(=O)(=O)c3cccc(C)c3)CC2)c1. The molecule has 2 aromatic rings. The topological polar surface area (TPSA) is 93.2 Å². The Morgan fingerprint density at radius 2 is 1.41 bits per heavy atom. The van der Waals surface area contributed by atoms with E-state index in [1.165, 1.54) is 35.0 Å².